The number of nitrogens with zero attached hydrogens (tertiary/aromatic N) is 2. The van der Waals surface area contributed by atoms with Gasteiger partial charge in [0.1, 0.15) is 5.82 Å². The van der Waals surface area contributed by atoms with Crippen molar-refractivity contribution in [3.05, 3.63) is 18.1 Å². The van der Waals surface area contributed by atoms with Gasteiger partial charge in [0, 0.05) is 13.2 Å². The lowest BCUT2D eigenvalue weighted by Gasteiger charge is -2.30. The summed E-state index contributed by atoms with van der Waals surface area (Å²) in [5, 5.41) is 12.6. The van der Waals surface area contributed by atoms with E-state index in [1.54, 1.807) is 0 Å². The van der Waals surface area contributed by atoms with Crippen molar-refractivity contribution in [3.63, 3.8) is 0 Å². The molecule has 0 radical (unpaired) electrons. The van der Waals surface area contributed by atoms with Gasteiger partial charge in [-0.15, -0.1) is 0 Å². The number of esters is 1. The lowest BCUT2D eigenvalue weighted by molar-refractivity contribution is 0.0593. The number of aliphatic hydroxyl groups excluding tert-OH is 1. The van der Waals surface area contributed by atoms with Crippen LogP contribution < -0.4 is 5.32 Å². The molecule has 0 bridgehead atoms. The molecule has 110 valence electrons. The molecule has 2 rings (SSSR count). The zero-order valence-electron chi connectivity index (χ0n) is 11.7. The van der Waals surface area contributed by atoms with Crippen LogP contribution in [0.25, 0.3) is 0 Å². The third-order valence-corrected chi connectivity index (χ3v) is 3.89. The monoisotopic (exact) mass is 279 g/mol. The van der Waals surface area contributed by atoms with E-state index in [2.05, 4.69) is 20.0 Å². The zero-order valence-corrected chi connectivity index (χ0v) is 11.7. The molecule has 6 heteroatoms. The van der Waals surface area contributed by atoms with E-state index in [1.165, 1.54) is 32.3 Å². The van der Waals surface area contributed by atoms with Gasteiger partial charge in [-0.25, -0.2) is 14.8 Å². The predicted octanol–water partition coefficient (Wildman–Crippen LogP) is 1.47. The van der Waals surface area contributed by atoms with E-state index < -0.39 is 5.97 Å². The van der Waals surface area contributed by atoms with Crippen molar-refractivity contribution in [1.82, 2.24) is 9.97 Å². The van der Waals surface area contributed by atoms with Crippen molar-refractivity contribution in [2.45, 2.75) is 25.7 Å². The number of nitrogens with one attached hydrogen (secondary N) is 1. The Morgan fingerprint density at radius 1 is 1.35 bits per heavy atom. The smallest absolute Gasteiger partial charge is 0.358 e. The largest absolute Gasteiger partial charge is 0.464 e. The van der Waals surface area contributed by atoms with Crippen LogP contribution >= 0.6 is 0 Å². The highest BCUT2D eigenvalue weighted by Gasteiger charge is 2.24. The van der Waals surface area contributed by atoms with Crippen LogP contribution in [0.4, 0.5) is 5.82 Å². The number of hydrogen-bond donors (Lipinski definition) is 2. The lowest BCUT2D eigenvalue weighted by atomic mass is 9.79. The van der Waals surface area contributed by atoms with Gasteiger partial charge in [0.25, 0.3) is 0 Å². The fraction of sp³-hybridized carbons (Fsp3) is 0.643. The van der Waals surface area contributed by atoms with Gasteiger partial charge in [-0.1, -0.05) is 12.8 Å². The Hall–Kier alpha value is -1.69. The zero-order chi connectivity index (χ0) is 14.4. The second kappa shape index (κ2) is 7.19. The maximum Gasteiger partial charge on any atom is 0.358 e. The summed E-state index contributed by atoms with van der Waals surface area (Å²) in [6, 6.07) is 0. The Balaban J connectivity index is 1.88. The van der Waals surface area contributed by atoms with E-state index >= 15 is 0 Å². The molecule has 2 atom stereocenters. The van der Waals surface area contributed by atoms with Gasteiger partial charge >= 0.3 is 5.97 Å². The number of aliphatic hydroxyl groups is 1. The highest BCUT2D eigenvalue weighted by Crippen LogP contribution is 2.29. The normalized spacial score (nSPS) is 22.3. The first-order valence-electron chi connectivity index (χ1n) is 6.99. The summed E-state index contributed by atoms with van der Waals surface area (Å²) in [4.78, 5) is 19.4. The van der Waals surface area contributed by atoms with E-state index in [0.29, 0.717) is 17.7 Å². The van der Waals surface area contributed by atoms with Gasteiger partial charge in [-0.05, 0) is 24.7 Å². The van der Waals surface area contributed by atoms with Crippen molar-refractivity contribution in [2.75, 3.05) is 25.6 Å². The summed E-state index contributed by atoms with van der Waals surface area (Å²) < 4.78 is 4.57. The standard InChI is InChI=1S/C14H21N3O3/c1-20-14(19)12-7-17-13(8-15-12)16-6-10-4-2-3-5-11(10)9-18/h7-8,10-11,18H,2-6,9H2,1H3,(H,16,17). The Morgan fingerprint density at radius 3 is 2.70 bits per heavy atom. The number of carbonyl (C=O) groups is 1. The molecule has 1 saturated carbocycles. The first-order chi connectivity index (χ1) is 9.74. The number of carbonyl (C=O) groups excluding carboxylic acids is 1. The molecule has 2 unspecified atom stereocenters. The van der Waals surface area contributed by atoms with E-state index in [1.807, 2.05) is 0 Å². The molecule has 0 spiro atoms. The minimum atomic E-state index is -0.489. The van der Waals surface area contributed by atoms with Gasteiger partial charge in [0.2, 0.25) is 0 Å². The number of anilines is 1. The number of hydrogen-bond acceptors (Lipinski definition) is 6. The Labute approximate surface area is 118 Å². The fourth-order valence-corrected chi connectivity index (χ4v) is 2.66. The molecule has 2 N–H and O–H groups in total. The molecule has 0 saturated heterocycles. The highest BCUT2D eigenvalue weighted by atomic mass is 16.5. The van der Waals surface area contributed by atoms with Gasteiger partial charge in [0.15, 0.2) is 5.69 Å². The highest BCUT2D eigenvalue weighted by molar-refractivity contribution is 5.86. The second-order valence-electron chi connectivity index (χ2n) is 5.15. The van der Waals surface area contributed by atoms with Crippen molar-refractivity contribution in [1.29, 1.82) is 0 Å². The van der Waals surface area contributed by atoms with Crippen molar-refractivity contribution < 1.29 is 14.6 Å². The molecule has 1 fully saturated rings. The van der Waals surface area contributed by atoms with Crippen LogP contribution in [0, 0.1) is 11.8 Å². The SMILES string of the molecule is COC(=O)c1cnc(NCC2CCCCC2CO)cn1. The summed E-state index contributed by atoms with van der Waals surface area (Å²) >= 11 is 0. The number of aromatic nitrogens is 2. The Bertz CT molecular complexity index is 436. The molecular weight excluding hydrogens is 258 g/mol. The third kappa shape index (κ3) is 3.66. The van der Waals surface area contributed by atoms with Crippen LogP contribution in [0.1, 0.15) is 36.2 Å². The van der Waals surface area contributed by atoms with Gasteiger partial charge in [-0.2, -0.15) is 0 Å². The van der Waals surface area contributed by atoms with E-state index in [0.717, 1.165) is 19.4 Å². The first kappa shape index (κ1) is 14.7. The topological polar surface area (TPSA) is 84.3 Å². The van der Waals surface area contributed by atoms with Crippen molar-refractivity contribution in [2.24, 2.45) is 11.8 Å². The number of methoxy groups -OCH3 is 1. The van der Waals surface area contributed by atoms with Gasteiger partial charge in [0.05, 0.1) is 19.5 Å². The molecule has 1 heterocycles. The summed E-state index contributed by atoms with van der Waals surface area (Å²) in [6.07, 6.45) is 7.58. The van der Waals surface area contributed by atoms with E-state index in [9.17, 15) is 9.90 Å². The fourth-order valence-electron chi connectivity index (χ4n) is 2.66. The second-order valence-corrected chi connectivity index (χ2v) is 5.15. The molecule has 20 heavy (non-hydrogen) atoms. The van der Waals surface area contributed by atoms with Crippen LogP contribution in [0.3, 0.4) is 0 Å². The molecule has 1 aromatic rings. The number of ether oxygens (including phenoxy) is 1. The lowest BCUT2D eigenvalue weighted by Crippen LogP contribution is -2.28. The summed E-state index contributed by atoms with van der Waals surface area (Å²) in [6.45, 7) is 1.02. The van der Waals surface area contributed by atoms with Gasteiger partial charge < -0.3 is 15.2 Å². The predicted molar refractivity (Wildman–Crippen MR) is 74.4 cm³/mol. The van der Waals surface area contributed by atoms with Crippen molar-refractivity contribution >= 4 is 11.8 Å². The molecule has 1 aromatic heterocycles. The Morgan fingerprint density at radius 2 is 2.10 bits per heavy atom. The Kier molecular flexibility index (Phi) is 5.29. The van der Waals surface area contributed by atoms with Crippen LogP contribution in [0.15, 0.2) is 12.4 Å². The molecule has 1 aliphatic carbocycles. The maximum absolute atomic E-state index is 11.2. The average molecular weight is 279 g/mol. The summed E-state index contributed by atoms with van der Waals surface area (Å²) in [5.74, 6) is 0.992. The molecule has 0 amide bonds. The summed E-state index contributed by atoms with van der Waals surface area (Å²) in [5.41, 5.74) is 0.198. The number of rotatable bonds is 5. The van der Waals surface area contributed by atoms with Crippen LogP contribution in [-0.2, 0) is 4.74 Å². The molecule has 1 aliphatic rings. The van der Waals surface area contributed by atoms with Crippen LogP contribution in [0.5, 0.6) is 0 Å². The third-order valence-electron chi connectivity index (χ3n) is 3.89. The van der Waals surface area contributed by atoms with Crippen LogP contribution in [-0.4, -0.2) is 41.3 Å². The molecule has 6 nitrogen and oxygen atoms in total. The molecular formula is C14H21N3O3. The summed E-state index contributed by atoms with van der Waals surface area (Å²) in [7, 11) is 1.31. The molecule has 0 aromatic carbocycles. The minimum Gasteiger partial charge on any atom is -0.464 e. The van der Waals surface area contributed by atoms with E-state index in [4.69, 9.17) is 0 Å². The quantitative estimate of drug-likeness (QED) is 0.794. The first-order valence-corrected chi connectivity index (χ1v) is 6.99. The van der Waals surface area contributed by atoms with E-state index in [-0.39, 0.29) is 12.3 Å². The van der Waals surface area contributed by atoms with Gasteiger partial charge in [-0.3, -0.25) is 0 Å². The van der Waals surface area contributed by atoms with Crippen LogP contribution in [0.2, 0.25) is 0 Å². The minimum absolute atomic E-state index is 0.198. The molecule has 0 aliphatic heterocycles. The van der Waals surface area contributed by atoms with Crippen molar-refractivity contribution in [3.8, 4) is 0 Å². The average Bonchev–Trinajstić information content (AvgIpc) is 2.53. The maximum atomic E-state index is 11.2.